The summed E-state index contributed by atoms with van der Waals surface area (Å²) in [6.45, 7) is 0. The van der Waals surface area contributed by atoms with E-state index in [0.717, 1.165) is 17.1 Å². The predicted molar refractivity (Wildman–Crippen MR) is 80.9 cm³/mol. The quantitative estimate of drug-likeness (QED) is 0.550. The summed E-state index contributed by atoms with van der Waals surface area (Å²) in [4.78, 5) is 23.1. The van der Waals surface area contributed by atoms with E-state index in [2.05, 4.69) is 0 Å². The van der Waals surface area contributed by atoms with Crippen molar-refractivity contribution >= 4 is 37.8 Å². The van der Waals surface area contributed by atoms with E-state index in [0.29, 0.717) is 12.8 Å². The Kier molecular flexibility index (Phi) is 9.15. The first-order valence-corrected chi connectivity index (χ1v) is 9.48. The monoisotopic (exact) mass is 480 g/mol. The molecule has 0 fully saturated rings. The third-order valence-electron chi connectivity index (χ3n) is 2.32. The molecule has 0 heterocycles. The van der Waals surface area contributed by atoms with Crippen LogP contribution in [0.25, 0.3) is 0 Å². The molecule has 20 heavy (non-hydrogen) atoms. The average molecular weight is 480 g/mol. The Morgan fingerprint density at radius 1 is 1.10 bits per heavy atom. The molecule has 0 saturated heterocycles. The third kappa shape index (κ3) is 8.72. The fraction of sp³-hybridized carbons (Fsp3) is 0.357. The standard InChI is InChI=1S/C14H16O3S2.W/c15-13(16)8-4-5-10-18-11-9-14(17)19-12-6-2-1-3-7-12;/h1-3,6-7H,4-5,8-9,11H2,(H,15,16);. The molecule has 6 heteroatoms. The molecule has 0 bridgehead atoms. The first kappa shape index (κ1) is 17.7. The number of hydrogen-bond donors (Lipinski definition) is 1. The Morgan fingerprint density at radius 3 is 2.45 bits per heavy atom. The fourth-order valence-corrected chi connectivity index (χ4v) is 4.49. The van der Waals surface area contributed by atoms with Crippen molar-refractivity contribution in [3.8, 4) is 0 Å². The molecular formula is C14H16O3S2W. The van der Waals surface area contributed by atoms with E-state index < -0.39 is 5.97 Å². The SMILES string of the molecule is O=C(O)CCC[C](=[W])SCCC(=O)Sc1ccccc1. The van der Waals surface area contributed by atoms with E-state index in [4.69, 9.17) is 5.11 Å². The van der Waals surface area contributed by atoms with Crippen molar-refractivity contribution in [2.45, 2.75) is 30.6 Å². The van der Waals surface area contributed by atoms with Crippen molar-refractivity contribution in [1.82, 2.24) is 0 Å². The van der Waals surface area contributed by atoms with Gasteiger partial charge in [0.1, 0.15) is 0 Å². The zero-order valence-corrected chi connectivity index (χ0v) is 15.5. The Hall–Kier alpha value is -0.382. The van der Waals surface area contributed by atoms with E-state index in [1.807, 2.05) is 30.3 Å². The Morgan fingerprint density at radius 2 is 1.80 bits per heavy atom. The number of carboxylic acid groups (broad SMARTS) is 1. The van der Waals surface area contributed by atoms with E-state index in [1.165, 1.54) is 34.3 Å². The molecule has 3 nitrogen and oxygen atoms in total. The zero-order valence-electron chi connectivity index (χ0n) is 10.9. The van der Waals surface area contributed by atoms with Gasteiger partial charge in [0.2, 0.25) is 0 Å². The van der Waals surface area contributed by atoms with Crippen molar-refractivity contribution in [3.63, 3.8) is 0 Å². The van der Waals surface area contributed by atoms with Crippen molar-refractivity contribution < 1.29 is 34.0 Å². The van der Waals surface area contributed by atoms with Crippen molar-refractivity contribution in [2.24, 2.45) is 0 Å². The number of benzene rings is 1. The van der Waals surface area contributed by atoms with Crippen LogP contribution in [0, 0.1) is 0 Å². The Bertz CT molecular complexity index is 463. The molecule has 1 aromatic rings. The molecule has 0 spiro atoms. The van der Waals surface area contributed by atoms with Gasteiger partial charge in [-0.3, -0.25) is 0 Å². The molecule has 0 aliphatic heterocycles. The third-order valence-corrected chi connectivity index (χ3v) is 6.19. The molecule has 0 aliphatic carbocycles. The van der Waals surface area contributed by atoms with E-state index >= 15 is 0 Å². The predicted octanol–water partition coefficient (Wildman–Crippen LogP) is 3.36. The number of carbonyl (C=O) groups excluding carboxylic acids is 1. The zero-order chi connectivity index (χ0) is 14.8. The Balaban J connectivity index is 2.12. The molecular weight excluding hydrogens is 464 g/mol. The summed E-state index contributed by atoms with van der Waals surface area (Å²) in [7, 11) is 0. The summed E-state index contributed by atoms with van der Waals surface area (Å²) in [5.74, 6) is 0.0390. The molecule has 0 atom stereocenters. The maximum absolute atomic E-state index is 11.8. The molecule has 1 N–H and O–H groups in total. The van der Waals surface area contributed by atoms with Gasteiger partial charge in [0.25, 0.3) is 0 Å². The number of rotatable bonds is 9. The number of carboxylic acids is 1. The molecule has 1 aromatic carbocycles. The number of carbonyl (C=O) groups is 2. The first-order chi connectivity index (χ1) is 9.58. The van der Waals surface area contributed by atoms with Gasteiger partial charge in [-0.15, -0.1) is 0 Å². The molecule has 0 amide bonds. The summed E-state index contributed by atoms with van der Waals surface area (Å²) < 4.78 is 1.28. The summed E-state index contributed by atoms with van der Waals surface area (Å²) in [5, 5.41) is 8.74. The second kappa shape index (κ2) is 10.4. The average Bonchev–Trinajstić information content (AvgIpc) is 2.39. The molecule has 0 aliphatic rings. The van der Waals surface area contributed by atoms with Crippen LogP contribution in [0.5, 0.6) is 0 Å². The minimum atomic E-state index is -0.743. The van der Waals surface area contributed by atoms with Crippen LogP contribution in [0.2, 0.25) is 0 Å². The van der Waals surface area contributed by atoms with Crippen LogP contribution in [-0.4, -0.2) is 25.2 Å². The number of thioether (sulfide) groups is 2. The summed E-state index contributed by atoms with van der Waals surface area (Å²) in [6, 6.07) is 9.65. The topological polar surface area (TPSA) is 54.4 Å². The van der Waals surface area contributed by atoms with E-state index in [-0.39, 0.29) is 11.5 Å². The van der Waals surface area contributed by atoms with Crippen LogP contribution >= 0.6 is 23.5 Å². The molecule has 0 unspecified atom stereocenters. The van der Waals surface area contributed by atoms with Gasteiger partial charge >= 0.3 is 139 Å². The normalized spacial score (nSPS) is 10.2. The van der Waals surface area contributed by atoms with Gasteiger partial charge in [0.05, 0.1) is 0 Å². The van der Waals surface area contributed by atoms with Crippen molar-refractivity contribution in [1.29, 1.82) is 0 Å². The van der Waals surface area contributed by atoms with Crippen LogP contribution in [0.1, 0.15) is 25.7 Å². The van der Waals surface area contributed by atoms with Crippen LogP contribution in [0.4, 0.5) is 0 Å². The fourth-order valence-electron chi connectivity index (χ4n) is 1.38. The number of hydrogen-bond acceptors (Lipinski definition) is 4. The van der Waals surface area contributed by atoms with Gasteiger partial charge in [0.15, 0.2) is 0 Å². The van der Waals surface area contributed by atoms with Crippen LogP contribution in [0.15, 0.2) is 35.2 Å². The van der Waals surface area contributed by atoms with Gasteiger partial charge < -0.3 is 0 Å². The summed E-state index contributed by atoms with van der Waals surface area (Å²) >= 11 is 4.35. The van der Waals surface area contributed by atoms with Gasteiger partial charge in [-0.25, -0.2) is 0 Å². The van der Waals surface area contributed by atoms with E-state index in [1.54, 1.807) is 11.8 Å². The van der Waals surface area contributed by atoms with Crippen LogP contribution < -0.4 is 0 Å². The van der Waals surface area contributed by atoms with Gasteiger partial charge in [-0.2, -0.15) is 0 Å². The first-order valence-electron chi connectivity index (χ1n) is 6.21. The maximum atomic E-state index is 11.8. The van der Waals surface area contributed by atoms with Crippen LogP contribution in [0.3, 0.4) is 0 Å². The number of aliphatic carboxylic acids is 1. The molecule has 1 rings (SSSR count). The second-order valence-corrected chi connectivity index (χ2v) is 9.12. The van der Waals surface area contributed by atoms with Gasteiger partial charge in [0, 0.05) is 0 Å². The molecule has 0 saturated carbocycles. The van der Waals surface area contributed by atoms with Crippen molar-refractivity contribution in [3.05, 3.63) is 30.3 Å². The summed E-state index contributed by atoms with van der Waals surface area (Å²) in [6.07, 6.45) is 2.29. The molecule has 0 aromatic heterocycles. The summed E-state index contributed by atoms with van der Waals surface area (Å²) in [5.41, 5.74) is 0. The molecule has 108 valence electrons. The van der Waals surface area contributed by atoms with Crippen molar-refractivity contribution in [2.75, 3.05) is 5.75 Å². The second-order valence-electron chi connectivity index (χ2n) is 4.00. The van der Waals surface area contributed by atoms with E-state index in [9.17, 15) is 9.59 Å². The van der Waals surface area contributed by atoms with Gasteiger partial charge in [-0.1, -0.05) is 0 Å². The van der Waals surface area contributed by atoms with Gasteiger partial charge in [-0.05, 0) is 0 Å². The minimum absolute atomic E-state index is 0.178. The Labute approximate surface area is 138 Å². The molecule has 0 radical (unpaired) electrons. The van der Waals surface area contributed by atoms with Crippen LogP contribution in [-0.2, 0) is 28.9 Å².